The molecule has 5 nitrogen and oxygen atoms in total. The van der Waals surface area contributed by atoms with E-state index < -0.39 is 0 Å². The third kappa shape index (κ3) is 3.66. The molecule has 0 radical (unpaired) electrons. The summed E-state index contributed by atoms with van der Waals surface area (Å²) in [6, 6.07) is 22.4. The zero-order valence-corrected chi connectivity index (χ0v) is 17.7. The third-order valence-electron chi connectivity index (χ3n) is 5.34. The van der Waals surface area contributed by atoms with Gasteiger partial charge < -0.3 is 4.42 Å². The second-order valence-electron chi connectivity index (χ2n) is 7.78. The maximum absolute atomic E-state index is 6.32. The molecule has 5 aromatic rings. The van der Waals surface area contributed by atoms with E-state index in [4.69, 9.17) is 9.52 Å². The van der Waals surface area contributed by atoms with Gasteiger partial charge in [0.2, 0.25) is 0 Å². The van der Waals surface area contributed by atoms with Crippen LogP contribution in [0.25, 0.3) is 33.2 Å². The molecule has 0 saturated heterocycles. The van der Waals surface area contributed by atoms with Crippen molar-refractivity contribution in [2.45, 2.75) is 20.8 Å². The Hall–Kier alpha value is -3.99. The van der Waals surface area contributed by atoms with E-state index in [1.807, 2.05) is 30.3 Å². The number of rotatable bonds is 3. The molecular formula is C26H22N4O. The topological polar surface area (TPSA) is 63.3 Å². The molecule has 0 fully saturated rings. The Balaban J connectivity index is 1.71. The molecule has 5 heteroatoms. The Bertz CT molecular complexity index is 1480. The Kier molecular flexibility index (Phi) is 4.71. The number of hydrogen-bond acceptors (Lipinski definition) is 5. The fourth-order valence-electron chi connectivity index (χ4n) is 3.78. The number of nitrogens with one attached hydrogen (secondary N) is 1. The number of anilines is 1. The molecule has 0 spiro atoms. The molecule has 31 heavy (non-hydrogen) atoms. The Morgan fingerprint density at radius 3 is 2.45 bits per heavy atom. The minimum absolute atomic E-state index is 0.667. The first kappa shape index (κ1) is 19.0. The molecule has 0 unspecified atom stereocenters. The number of aromatic nitrogens is 2. The molecule has 0 saturated carbocycles. The molecule has 0 aliphatic heterocycles. The minimum Gasteiger partial charge on any atom is -0.456 e. The highest BCUT2D eigenvalue weighted by Crippen LogP contribution is 2.26. The van der Waals surface area contributed by atoms with Crippen LogP contribution in [0.3, 0.4) is 0 Å². The van der Waals surface area contributed by atoms with Crippen molar-refractivity contribution in [3.63, 3.8) is 0 Å². The van der Waals surface area contributed by atoms with Gasteiger partial charge in [-0.2, -0.15) is 5.10 Å². The molecule has 5 rings (SSSR count). The lowest BCUT2D eigenvalue weighted by molar-refractivity contribution is 0.615. The quantitative estimate of drug-likeness (QED) is 0.379. The van der Waals surface area contributed by atoms with Gasteiger partial charge in [-0.15, -0.1) is 0 Å². The second kappa shape index (κ2) is 7.69. The normalized spacial score (nSPS) is 11.9. The van der Waals surface area contributed by atoms with Crippen molar-refractivity contribution >= 4 is 27.7 Å². The van der Waals surface area contributed by atoms with E-state index in [-0.39, 0.29) is 0 Å². The largest absolute Gasteiger partial charge is 0.456 e. The lowest BCUT2D eigenvalue weighted by Crippen LogP contribution is -2.09. The number of hydrogen-bond donors (Lipinski definition) is 1. The van der Waals surface area contributed by atoms with Crippen molar-refractivity contribution < 1.29 is 4.42 Å². The van der Waals surface area contributed by atoms with Crippen LogP contribution in [0.4, 0.5) is 5.82 Å². The molecule has 0 bridgehead atoms. The molecule has 0 atom stereocenters. The van der Waals surface area contributed by atoms with Crippen LogP contribution in [0.15, 0.2) is 82.6 Å². The van der Waals surface area contributed by atoms with E-state index in [1.54, 1.807) is 6.33 Å². The van der Waals surface area contributed by atoms with Gasteiger partial charge in [0, 0.05) is 22.4 Å². The molecule has 0 aliphatic carbocycles. The van der Waals surface area contributed by atoms with E-state index in [1.165, 1.54) is 5.56 Å². The summed E-state index contributed by atoms with van der Waals surface area (Å²) in [4.78, 5) is 8.71. The number of nitrogens with zero attached hydrogens (tertiary/aromatic N) is 3. The Labute approximate surface area is 180 Å². The number of benzene rings is 3. The van der Waals surface area contributed by atoms with Gasteiger partial charge in [0.15, 0.2) is 5.82 Å². The maximum Gasteiger partial charge on any atom is 0.157 e. The lowest BCUT2D eigenvalue weighted by atomic mass is 10.1. The van der Waals surface area contributed by atoms with Crippen LogP contribution >= 0.6 is 0 Å². The highest BCUT2D eigenvalue weighted by Gasteiger charge is 2.10. The van der Waals surface area contributed by atoms with Crippen molar-refractivity contribution in [1.29, 1.82) is 0 Å². The number of aryl methyl sites for hydroxylation is 3. The first-order valence-corrected chi connectivity index (χ1v) is 10.2. The molecule has 0 aliphatic rings. The van der Waals surface area contributed by atoms with E-state index in [0.29, 0.717) is 5.82 Å². The van der Waals surface area contributed by atoms with E-state index in [0.717, 1.165) is 49.7 Å². The summed E-state index contributed by atoms with van der Waals surface area (Å²) < 4.78 is 6.32. The van der Waals surface area contributed by atoms with Gasteiger partial charge in [-0.1, -0.05) is 48.0 Å². The van der Waals surface area contributed by atoms with Crippen LogP contribution in [-0.4, -0.2) is 9.97 Å². The molecule has 152 valence electrons. The van der Waals surface area contributed by atoms with Crippen molar-refractivity contribution in [3.8, 4) is 11.3 Å². The highest BCUT2D eigenvalue weighted by molar-refractivity contribution is 5.88. The molecular weight excluding hydrogens is 384 g/mol. The summed E-state index contributed by atoms with van der Waals surface area (Å²) in [5, 5.41) is 7.42. The fraction of sp³-hybridized carbons (Fsp3) is 0.115. The van der Waals surface area contributed by atoms with Crippen molar-refractivity contribution in [1.82, 2.24) is 9.97 Å². The van der Waals surface area contributed by atoms with Crippen LogP contribution in [0.5, 0.6) is 0 Å². The maximum atomic E-state index is 6.32. The smallest absolute Gasteiger partial charge is 0.157 e. The summed E-state index contributed by atoms with van der Waals surface area (Å²) in [6.07, 6.45) is 1.55. The average molecular weight is 406 g/mol. The van der Waals surface area contributed by atoms with Gasteiger partial charge in [0.05, 0.1) is 10.9 Å². The molecule has 2 aromatic heterocycles. The summed E-state index contributed by atoms with van der Waals surface area (Å²) in [6.45, 7) is 6.22. The molecule has 3 aromatic carbocycles. The predicted molar refractivity (Wildman–Crippen MR) is 125 cm³/mol. The molecule has 2 heterocycles. The first-order valence-electron chi connectivity index (χ1n) is 10.2. The lowest BCUT2D eigenvalue weighted by Gasteiger charge is -2.09. The van der Waals surface area contributed by atoms with Gasteiger partial charge in [0.1, 0.15) is 17.7 Å². The third-order valence-corrected chi connectivity index (χ3v) is 5.34. The summed E-state index contributed by atoms with van der Waals surface area (Å²) in [5.74, 6) is 1.44. The molecule has 0 amide bonds. The SMILES string of the molecule is Cc1ccc(-c2c/c(=N\Nc3ncnc4ccccc34)c3cc(C)cc(C)c3o2)cc1. The van der Waals surface area contributed by atoms with Crippen molar-refractivity contribution in [3.05, 3.63) is 95.1 Å². The second-order valence-corrected chi connectivity index (χ2v) is 7.78. The number of para-hydroxylation sites is 1. The van der Waals surface area contributed by atoms with Crippen molar-refractivity contribution in [2.75, 3.05) is 5.43 Å². The highest BCUT2D eigenvalue weighted by atomic mass is 16.3. The molecule has 1 N–H and O–H groups in total. The van der Waals surface area contributed by atoms with Gasteiger partial charge in [-0.3, -0.25) is 5.43 Å². The average Bonchev–Trinajstić information content (AvgIpc) is 2.78. The Morgan fingerprint density at radius 2 is 1.61 bits per heavy atom. The standard InChI is InChI=1S/C26H22N4O/c1-16-8-10-19(11-9-16)24-14-23(21-13-17(2)12-18(3)25(21)31-24)29-30-26-20-6-4-5-7-22(20)27-15-28-26/h4-15H,1-3H3,(H,27,28,30)/b29-23+. The predicted octanol–water partition coefficient (Wildman–Crippen LogP) is 5.90. The van der Waals surface area contributed by atoms with Crippen LogP contribution in [-0.2, 0) is 0 Å². The van der Waals surface area contributed by atoms with E-state index >= 15 is 0 Å². The van der Waals surface area contributed by atoms with Gasteiger partial charge in [0.25, 0.3) is 0 Å². The van der Waals surface area contributed by atoms with Gasteiger partial charge in [-0.05, 0) is 50.1 Å². The van der Waals surface area contributed by atoms with Gasteiger partial charge >= 0.3 is 0 Å². The first-order chi connectivity index (χ1) is 15.1. The number of fused-ring (bicyclic) bond motifs is 2. The van der Waals surface area contributed by atoms with Crippen LogP contribution < -0.4 is 10.8 Å². The van der Waals surface area contributed by atoms with Crippen LogP contribution in [0.2, 0.25) is 0 Å². The zero-order chi connectivity index (χ0) is 21.4. The van der Waals surface area contributed by atoms with Crippen molar-refractivity contribution in [2.24, 2.45) is 5.10 Å². The van der Waals surface area contributed by atoms with Crippen LogP contribution in [0, 0.1) is 20.8 Å². The van der Waals surface area contributed by atoms with E-state index in [2.05, 4.69) is 72.6 Å². The summed E-state index contributed by atoms with van der Waals surface area (Å²) in [5.41, 5.74) is 9.31. The zero-order valence-electron chi connectivity index (χ0n) is 17.7. The van der Waals surface area contributed by atoms with Gasteiger partial charge in [-0.25, -0.2) is 9.97 Å². The fourth-order valence-corrected chi connectivity index (χ4v) is 3.78. The monoisotopic (exact) mass is 406 g/mol. The summed E-state index contributed by atoms with van der Waals surface area (Å²) >= 11 is 0. The Morgan fingerprint density at radius 1 is 0.806 bits per heavy atom. The minimum atomic E-state index is 0.667. The van der Waals surface area contributed by atoms with E-state index in [9.17, 15) is 0 Å². The summed E-state index contributed by atoms with van der Waals surface area (Å²) in [7, 11) is 0. The van der Waals surface area contributed by atoms with Crippen LogP contribution in [0.1, 0.15) is 16.7 Å².